The first-order valence-corrected chi connectivity index (χ1v) is 9.30. The van der Waals surface area contributed by atoms with E-state index >= 15 is 0 Å². The van der Waals surface area contributed by atoms with Crippen LogP contribution in [-0.4, -0.2) is 32.5 Å². The number of hydrogen-bond acceptors (Lipinski definition) is 3. The molecular weight excluding hydrogens is 326 g/mol. The summed E-state index contributed by atoms with van der Waals surface area (Å²) in [5.74, 6) is -0.0691. The first-order valence-electron chi connectivity index (χ1n) is 7.82. The van der Waals surface area contributed by atoms with Gasteiger partial charge < -0.3 is 9.88 Å². The van der Waals surface area contributed by atoms with Gasteiger partial charge >= 0.3 is 0 Å². The molecule has 1 aromatic carbocycles. The average Bonchev–Trinajstić information content (AvgIpc) is 2.99. The lowest BCUT2D eigenvalue weighted by atomic mass is 9.96. The van der Waals surface area contributed by atoms with Crippen molar-refractivity contribution < 1.29 is 13.2 Å². The second kappa shape index (κ2) is 7.63. The Morgan fingerprint density at radius 1 is 1.25 bits per heavy atom. The summed E-state index contributed by atoms with van der Waals surface area (Å²) in [5.41, 5.74) is 1.48. The van der Waals surface area contributed by atoms with Crippen LogP contribution in [0.3, 0.4) is 0 Å². The van der Waals surface area contributed by atoms with E-state index in [0.717, 1.165) is 6.42 Å². The van der Waals surface area contributed by atoms with Crippen LogP contribution in [0.5, 0.6) is 0 Å². The van der Waals surface area contributed by atoms with Crippen LogP contribution < -0.4 is 10.0 Å². The van der Waals surface area contributed by atoms with E-state index < -0.39 is 10.0 Å². The summed E-state index contributed by atoms with van der Waals surface area (Å²) in [6.07, 6.45) is 2.33. The lowest BCUT2D eigenvalue weighted by Gasteiger charge is -2.16. The third kappa shape index (κ3) is 4.04. The number of aromatic nitrogens is 1. The maximum atomic E-state index is 12.4. The van der Waals surface area contributed by atoms with E-state index in [-0.39, 0.29) is 16.7 Å². The Kier molecular flexibility index (Phi) is 5.80. The van der Waals surface area contributed by atoms with Crippen LogP contribution in [0, 0.1) is 0 Å². The third-order valence-electron chi connectivity index (χ3n) is 4.06. The number of nitrogens with zero attached hydrogens (tertiary/aromatic N) is 1. The molecule has 0 aliphatic heterocycles. The Labute approximate surface area is 142 Å². The zero-order valence-corrected chi connectivity index (χ0v) is 14.9. The molecule has 0 aliphatic rings. The molecule has 0 saturated carbocycles. The molecule has 2 aromatic rings. The Morgan fingerprint density at radius 3 is 2.50 bits per heavy atom. The van der Waals surface area contributed by atoms with E-state index in [1.807, 2.05) is 30.3 Å². The van der Waals surface area contributed by atoms with Crippen LogP contribution in [0.15, 0.2) is 47.5 Å². The molecule has 0 fully saturated rings. The monoisotopic (exact) mass is 349 g/mol. The molecule has 0 unspecified atom stereocenters. The van der Waals surface area contributed by atoms with Gasteiger partial charge in [-0.2, -0.15) is 0 Å². The smallest absolute Gasteiger partial charge is 0.267 e. The number of rotatable bonds is 7. The average molecular weight is 349 g/mol. The van der Waals surface area contributed by atoms with Gasteiger partial charge in [0.25, 0.3) is 5.91 Å². The molecule has 1 atom stereocenters. The van der Waals surface area contributed by atoms with E-state index in [2.05, 4.69) is 17.0 Å². The van der Waals surface area contributed by atoms with Gasteiger partial charge in [-0.05, 0) is 25.1 Å². The highest BCUT2D eigenvalue weighted by atomic mass is 32.2. The standard InChI is InChI=1S/C17H23N3O3S/c1-4-13(14-8-6-5-7-9-14)11-19-17(21)16-10-15(12-20(16)3)24(22,23)18-2/h5-10,12-13,18H,4,11H2,1-3H3,(H,19,21)/t13-/m0/s1. The van der Waals surface area contributed by atoms with Gasteiger partial charge in [0.15, 0.2) is 0 Å². The van der Waals surface area contributed by atoms with Crippen molar-refractivity contribution in [1.82, 2.24) is 14.6 Å². The number of carbonyl (C=O) groups is 1. The highest BCUT2D eigenvalue weighted by molar-refractivity contribution is 7.89. The van der Waals surface area contributed by atoms with Crippen molar-refractivity contribution in [2.24, 2.45) is 7.05 Å². The highest BCUT2D eigenvalue weighted by Crippen LogP contribution is 2.18. The molecule has 0 spiro atoms. The highest BCUT2D eigenvalue weighted by Gasteiger charge is 2.19. The van der Waals surface area contributed by atoms with Crippen molar-refractivity contribution in [3.05, 3.63) is 53.9 Å². The summed E-state index contributed by atoms with van der Waals surface area (Å²) in [7, 11) is -0.571. The summed E-state index contributed by atoms with van der Waals surface area (Å²) >= 11 is 0. The topological polar surface area (TPSA) is 80.2 Å². The molecule has 1 amide bonds. The number of amides is 1. The fourth-order valence-corrected chi connectivity index (χ4v) is 3.35. The zero-order chi connectivity index (χ0) is 17.7. The van der Waals surface area contributed by atoms with Crippen LogP contribution in [0.1, 0.15) is 35.3 Å². The van der Waals surface area contributed by atoms with Crippen LogP contribution in [0.25, 0.3) is 0 Å². The Bertz CT molecular complexity index is 798. The minimum absolute atomic E-state index is 0.0766. The molecule has 1 heterocycles. The number of benzene rings is 1. The summed E-state index contributed by atoms with van der Waals surface area (Å²) < 4.78 is 27.4. The number of hydrogen-bond donors (Lipinski definition) is 2. The van der Waals surface area contributed by atoms with Crippen LogP contribution >= 0.6 is 0 Å². The number of carbonyl (C=O) groups excluding carboxylic acids is 1. The van der Waals surface area contributed by atoms with Crippen LogP contribution in [-0.2, 0) is 17.1 Å². The van der Waals surface area contributed by atoms with Gasteiger partial charge in [-0.3, -0.25) is 4.79 Å². The van der Waals surface area contributed by atoms with Crippen LogP contribution in [0.2, 0.25) is 0 Å². The zero-order valence-electron chi connectivity index (χ0n) is 14.1. The molecule has 2 rings (SSSR count). The largest absolute Gasteiger partial charge is 0.350 e. The summed E-state index contributed by atoms with van der Waals surface area (Å²) in [6.45, 7) is 2.57. The van der Waals surface area contributed by atoms with E-state index in [4.69, 9.17) is 0 Å². The van der Waals surface area contributed by atoms with Crippen LogP contribution in [0.4, 0.5) is 0 Å². The van der Waals surface area contributed by atoms with E-state index in [1.165, 1.54) is 29.4 Å². The molecule has 0 aliphatic carbocycles. The van der Waals surface area contributed by atoms with E-state index in [0.29, 0.717) is 12.2 Å². The third-order valence-corrected chi connectivity index (χ3v) is 5.45. The lowest BCUT2D eigenvalue weighted by Crippen LogP contribution is -2.29. The van der Waals surface area contributed by atoms with Gasteiger partial charge in [0.2, 0.25) is 10.0 Å². The van der Waals surface area contributed by atoms with Gasteiger partial charge in [-0.1, -0.05) is 37.3 Å². The Hall–Kier alpha value is -2.12. The molecule has 0 saturated heterocycles. The number of nitrogens with one attached hydrogen (secondary N) is 2. The fraction of sp³-hybridized carbons (Fsp3) is 0.353. The van der Waals surface area contributed by atoms with Gasteiger partial charge in [-0.15, -0.1) is 0 Å². The number of sulfonamides is 1. The van der Waals surface area contributed by atoms with Crippen molar-refractivity contribution in [1.29, 1.82) is 0 Å². The quantitative estimate of drug-likeness (QED) is 0.801. The summed E-state index contributed by atoms with van der Waals surface area (Å²) in [6, 6.07) is 11.4. The Balaban J connectivity index is 2.10. The van der Waals surface area contributed by atoms with Crippen molar-refractivity contribution in [2.45, 2.75) is 24.2 Å². The molecule has 24 heavy (non-hydrogen) atoms. The van der Waals surface area contributed by atoms with Crippen molar-refractivity contribution in [3.8, 4) is 0 Å². The van der Waals surface area contributed by atoms with Crippen molar-refractivity contribution in [3.63, 3.8) is 0 Å². The Morgan fingerprint density at radius 2 is 1.92 bits per heavy atom. The molecule has 130 valence electrons. The first kappa shape index (κ1) is 18.2. The molecule has 0 radical (unpaired) electrons. The molecule has 7 heteroatoms. The van der Waals surface area contributed by atoms with Gasteiger partial charge in [-0.25, -0.2) is 13.1 Å². The van der Waals surface area contributed by atoms with Gasteiger partial charge in [0.05, 0.1) is 0 Å². The molecule has 6 nitrogen and oxygen atoms in total. The molecule has 0 bridgehead atoms. The number of aryl methyl sites for hydroxylation is 1. The summed E-state index contributed by atoms with van der Waals surface area (Å²) in [4.78, 5) is 12.5. The molecule has 2 N–H and O–H groups in total. The second-order valence-electron chi connectivity index (χ2n) is 5.61. The normalized spacial score (nSPS) is 12.8. The van der Waals surface area contributed by atoms with Gasteiger partial charge in [0, 0.05) is 25.7 Å². The molecule has 1 aromatic heterocycles. The fourth-order valence-electron chi connectivity index (χ4n) is 2.55. The lowest BCUT2D eigenvalue weighted by molar-refractivity contribution is 0.0942. The van der Waals surface area contributed by atoms with Crippen molar-refractivity contribution >= 4 is 15.9 Å². The second-order valence-corrected chi connectivity index (χ2v) is 7.49. The SMILES string of the molecule is CC[C@@H](CNC(=O)c1cc(S(=O)(=O)NC)cn1C)c1ccccc1. The molecular formula is C17H23N3O3S. The maximum absolute atomic E-state index is 12.4. The maximum Gasteiger partial charge on any atom is 0.267 e. The van der Waals surface area contributed by atoms with E-state index in [1.54, 1.807) is 7.05 Å². The van der Waals surface area contributed by atoms with Crippen molar-refractivity contribution in [2.75, 3.05) is 13.6 Å². The van der Waals surface area contributed by atoms with Gasteiger partial charge in [0.1, 0.15) is 10.6 Å². The predicted molar refractivity (Wildman–Crippen MR) is 93.5 cm³/mol. The van der Waals surface area contributed by atoms with E-state index in [9.17, 15) is 13.2 Å². The summed E-state index contributed by atoms with van der Waals surface area (Å²) in [5, 5.41) is 2.90. The predicted octanol–water partition coefficient (Wildman–Crippen LogP) is 1.86. The minimum atomic E-state index is -3.56. The minimum Gasteiger partial charge on any atom is -0.350 e. The first-order chi connectivity index (χ1) is 11.4.